The minimum Gasteiger partial charge on any atom is -0.493 e. The summed E-state index contributed by atoms with van der Waals surface area (Å²) in [4.78, 5) is 4.74. The van der Waals surface area contributed by atoms with Crippen molar-refractivity contribution in [2.24, 2.45) is 4.99 Å². The SMILES string of the molecule is CCOc1cc2c(cc1OC)C(Cc1ccccc1)=NCC2. The maximum Gasteiger partial charge on any atom is 0.161 e. The molecule has 0 spiro atoms. The molecule has 0 saturated carbocycles. The van der Waals surface area contributed by atoms with E-state index in [0.29, 0.717) is 6.61 Å². The van der Waals surface area contributed by atoms with Gasteiger partial charge in [-0.15, -0.1) is 0 Å². The van der Waals surface area contributed by atoms with Crippen molar-refractivity contribution >= 4 is 5.71 Å². The second-order valence-electron chi connectivity index (χ2n) is 5.33. The molecule has 2 aromatic carbocycles. The number of aliphatic imine (C=N–C) groups is 1. The summed E-state index contributed by atoms with van der Waals surface area (Å²) in [6, 6.07) is 14.6. The minimum absolute atomic E-state index is 0.639. The maximum absolute atomic E-state index is 5.68. The number of rotatable bonds is 5. The second kappa shape index (κ2) is 6.65. The average Bonchev–Trinajstić information content (AvgIpc) is 2.56. The first kappa shape index (κ1) is 14.6. The summed E-state index contributed by atoms with van der Waals surface area (Å²) in [6.07, 6.45) is 1.81. The summed E-state index contributed by atoms with van der Waals surface area (Å²) in [6.45, 7) is 3.47. The second-order valence-corrected chi connectivity index (χ2v) is 5.33. The number of hydrogen-bond acceptors (Lipinski definition) is 3. The van der Waals surface area contributed by atoms with Gasteiger partial charge in [-0.05, 0) is 36.6 Å². The van der Waals surface area contributed by atoms with Crippen molar-refractivity contribution in [1.82, 2.24) is 0 Å². The molecule has 0 unspecified atom stereocenters. The Hall–Kier alpha value is -2.29. The van der Waals surface area contributed by atoms with Gasteiger partial charge in [-0.25, -0.2) is 0 Å². The standard InChI is InChI=1S/C19H21NO2/c1-3-22-19-12-15-9-10-20-17(16(15)13-18(19)21-2)11-14-7-5-4-6-8-14/h4-8,12-13H,3,9-11H2,1-2H3. The lowest BCUT2D eigenvalue weighted by Crippen LogP contribution is -2.16. The fourth-order valence-electron chi connectivity index (χ4n) is 2.84. The van der Waals surface area contributed by atoms with Gasteiger partial charge in [-0.3, -0.25) is 4.99 Å². The molecule has 0 aliphatic carbocycles. The number of hydrogen-bond donors (Lipinski definition) is 0. The predicted octanol–water partition coefficient (Wildman–Crippen LogP) is 3.68. The van der Waals surface area contributed by atoms with E-state index in [0.717, 1.165) is 36.6 Å². The van der Waals surface area contributed by atoms with E-state index in [1.54, 1.807) is 7.11 Å². The molecule has 0 atom stereocenters. The van der Waals surface area contributed by atoms with Gasteiger partial charge in [-0.2, -0.15) is 0 Å². The van der Waals surface area contributed by atoms with Crippen LogP contribution in [0.25, 0.3) is 0 Å². The zero-order chi connectivity index (χ0) is 15.4. The van der Waals surface area contributed by atoms with Crippen LogP contribution >= 0.6 is 0 Å². The fraction of sp³-hybridized carbons (Fsp3) is 0.316. The van der Waals surface area contributed by atoms with E-state index in [9.17, 15) is 0 Å². The Morgan fingerprint density at radius 1 is 1.09 bits per heavy atom. The molecule has 0 saturated heterocycles. The number of nitrogens with zero attached hydrogens (tertiary/aromatic N) is 1. The van der Waals surface area contributed by atoms with Crippen molar-refractivity contribution in [2.45, 2.75) is 19.8 Å². The van der Waals surface area contributed by atoms with Crippen molar-refractivity contribution < 1.29 is 9.47 Å². The third-order valence-electron chi connectivity index (χ3n) is 3.90. The maximum atomic E-state index is 5.68. The van der Waals surface area contributed by atoms with Gasteiger partial charge in [0, 0.05) is 24.2 Å². The molecule has 3 rings (SSSR count). The van der Waals surface area contributed by atoms with E-state index in [4.69, 9.17) is 14.5 Å². The Bertz CT molecular complexity index is 677. The summed E-state index contributed by atoms with van der Waals surface area (Å²) in [5, 5.41) is 0. The number of benzene rings is 2. The Balaban J connectivity index is 1.95. The van der Waals surface area contributed by atoms with Crippen molar-refractivity contribution in [3.05, 3.63) is 59.2 Å². The van der Waals surface area contributed by atoms with Gasteiger partial charge < -0.3 is 9.47 Å². The third kappa shape index (κ3) is 2.98. The Morgan fingerprint density at radius 3 is 2.64 bits per heavy atom. The molecule has 0 bridgehead atoms. The topological polar surface area (TPSA) is 30.8 Å². The van der Waals surface area contributed by atoms with Crippen LogP contribution in [0.2, 0.25) is 0 Å². The molecule has 1 heterocycles. The molecule has 0 radical (unpaired) electrons. The molecule has 3 nitrogen and oxygen atoms in total. The fourth-order valence-corrected chi connectivity index (χ4v) is 2.84. The number of ether oxygens (including phenoxy) is 2. The van der Waals surface area contributed by atoms with Crippen molar-refractivity contribution in [2.75, 3.05) is 20.3 Å². The molecule has 0 aromatic heterocycles. The molecule has 3 heteroatoms. The first-order chi connectivity index (χ1) is 10.8. The lowest BCUT2D eigenvalue weighted by atomic mass is 9.93. The monoisotopic (exact) mass is 295 g/mol. The number of fused-ring (bicyclic) bond motifs is 1. The largest absolute Gasteiger partial charge is 0.493 e. The van der Waals surface area contributed by atoms with Gasteiger partial charge >= 0.3 is 0 Å². The molecule has 0 N–H and O–H groups in total. The number of methoxy groups -OCH3 is 1. The highest BCUT2D eigenvalue weighted by molar-refractivity contribution is 6.04. The predicted molar refractivity (Wildman–Crippen MR) is 89.4 cm³/mol. The molecule has 0 fully saturated rings. The molecular formula is C19H21NO2. The van der Waals surface area contributed by atoms with Crippen LogP contribution in [-0.4, -0.2) is 26.0 Å². The van der Waals surface area contributed by atoms with Gasteiger partial charge in [0.15, 0.2) is 11.5 Å². The van der Waals surface area contributed by atoms with E-state index in [1.165, 1.54) is 16.7 Å². The Labute approximate surface area is 131 Å². The summed E-state index contributed by atoms with van der Waals surface area (Å²) < 4.78 is 11.2. The highest BCUT2D eigenvalue weighted by Crippen LogP contribution is 2.33. The van der Waals surface area contributed by atoms with Crippen LogP contribution in [0.15, 0.2) is 47.5 Å². The van der Waals surface area contributed by atoms with Crippen LogP contribution in [0.3, 0.4) is 0 Å². The average molecular weight is 295 g/mol. The van der Waals surface area contributed by atoms with Gasteiger partial charge in [0.1, 0.15) is 0 Å². The normalized spacial score (nSPS) is 13.3. The van der Waals surface area contributed by atoms with E-state index >= 15 is 0 Å². The smallest absolute Gasteiger partial charge is 0.161 e. The lowest BCUT2D eigenvalue weighted by Gasteiger charge is -2.20. The van der Waals surface area contributed by atoms with Crippen molar-refractivity contribution in [3.8, 4) is 11.5 Å². The van der Waals surface area contributed by atoms with Crippen molar-refractivity contribution in [3.63, 3.8) is 0 Å². The van der Waals surface area contributed by atoms with Gasteiger partial charge in [-0.1, -0.05) is 30.3 Å². The quantitative estimate of drug-likeness (QED) is 0.842. The molecule has 1 aliphatic heterocycles. The van der Waals surface area contributed by atoms with Gasteiger partial charge in [0.25, 0.3) is 0 Å². The molecule has 22 heavy (non-hydrogen) atoms. The zero-order valence-corrected chi connectivity index (χ0v) is 13.1. The van der Waals surface area contributed by atoms with E-state index in [2.05, 4.69) is 36.4 Å². The first-order valence-corrected chi connectivity index (χ1v) is 7.73. The van der Waals surface area contributed by atoms with Crippen LogP contribution in [0, 0.1) is 0 Å². The molecule has 0 amide bonds. The molecule has 2 aromatic rings. The molecule has 114 valence electrons. The Morgan fingerprint density at radius 2 is 1.91 bits per heavy atom. The zero-order valence-electron chi connectivity index (χ0n) is 13.1. The highest BCUT2D eigenvalue weighted by atomic mass is 16.5. The lowest BCUT2D eigenvalue weighted by molar-refractivity contribution is 0.310. The molecule has 1 aliphatic rings. The van der Waals surface area contributed by atoms with Crippen LogP contribution in [0.4, 0.5) is 0 Å². The van der Waals surface area contributed by atoms with E-state index in [-0.39, 0.29) is 0 Å². The Kier molecular flexibility index (Phi) is 4.42. The highest BCUT2D eigenvalue weighted by Gasteiger charge is 2.18. The minimum atomic E-state index is 0.639. The van der Waals surface area contributed by atoms with Crippen LogP contribution < -0.4 is 9.47 Å². The summed E-state index contributed by atoms with van der Waals surface area (Å²) >= 11 is 0. The van der Waals surface area contributed by atoms with Gasteiger partial charge in [0.05, 0.1) is 13.7 Å². The van der Waals surface area contributed by atoms with Crippen LogP contribution in [-0.2, 0) is 12.8 Å². The third-order valence-corrected chi connectivity index (χ3v) is 3.90. The van der Waals surface area contributed by atoms with E-state index < -0.39 is 0 Å². The first-order valence-electron chi connectivity index (χ1n) is 7.73. The molecular weight excluding hydrogens is 274 g/mol. The van der Waals surface area contributed by atoms with Crippen molar-refractivity contribution in [1.29, 1.82) is 0 Å². The summed E-state index contributed by atoms with van der Waals surface area (Å²) in [7, 11) is 1.68. The van der Waals surface area contributed by atoms with Crippen LogP contribution in [0.1, 0.15) is 23.6 Å². The summed E-state index contributed by atoms with van der Waals surface area (Å²) in [5.41, 5.74) is 4.90. The summed E-state index contributed by atoms with van der Waals surface area (Å²) in [5.74, 6) is 1.60. The van der Waals surface area contributed by atoms with Gasteiger partial charge in [0.2, 0.25) is 0 Å². The van der Waals surface area contributed by atoms with Crippen LogP contribution in [0.5, 0.6) is 11.5 Å². The van der Waals surface area contributed by atoms with E-state index in [1.807, 2.05) is 13.0 Å².